The molecule has 0 saturated carbocycles. The normalized spacial score (nSPS) is 18.5. The van der Waals surface area contributed by atoms with Gasteiger partial charge < -0.3 is 14.6 Å². The zero-order valence-electron chi connectivity index (χ0n) is 23.0. The van der Waals surface area contributed by atoms with Crippen LogP contribution in [0.4, 0.5) is 8.78 Å². The molecule has 9 nitrogen and oxygen atoms in total. The molecule has 2 aliphatic rings. The third kappa shape index (κ3) is 5.29. The fourth-order valence-corrected chi connectivity index (χ4v) is 4.61. The van der Waals surface area contributed by atoms with E-state index in [1.807, 2.05) is 0 Å². The minimum Gasteiger partial charge on any atom is -0.485 e. The Morgan fingerprint density at radius 3 is 2.85 bits per heavy atom. The molecule has 0 amide bonds. The van der Waals surface area contributed by atoms with Crippen LogP contribution >= 0.6 is 11.6 Å². The molecule has 12 heteroatoms. The highest BCUT2D eigenvalue weighted by Crippen LogP contribution is 2.31. The maximum absolute atomic E-state index is 14.3. The molecular formula is C27H25ClF2N4O5. The van der Waals surface area contributed by atoms with Gasteiger partial charge in [-0.2, -0.15) is 0 Å². The summed E-state index contributed by atoms with van der Waals surface area (Å²) in [6, 6.07) is 4.91. The molecule has 0 unspecified atom stereocenters. The summed E-state index contributed by atoms with van der Waals surface area (Å²) >= 11 is 6.38. The highest BCUT2D eigenvalue weighted by Gasteiger charge is 2.29. The first-order valence-electron chi connectivity index (χ1n) is 13.0. The Labute approximate surface area is 229 Å². The lowest BCUT2D eigenvalue weighted by Crippen LogP contribution is -2.37. The van der Waals surface area contributed by atoms with Crippen LogP contribution in [0.5, 0.6) is 5.75 Å². The zero-order chi connectivity index (χ0) is 29.7. The number of ether oxygens (including phenoxy) is 2. The maximum Gasteiger partial charge on any atom is 0.277 e. The van der Waals surface area contributed by atoms with E-state index in [1.54, 1.807) is 12.1 Å². The first-order valence-corrected chi connectivity index (χ1v) is 12.4. The molecule has 3 aromatic rings. The SMILES string of the molecule is [2H]C([2H])(Oc1cc2n(c(=O)c1Cl)C1=CC(n3cccc(C(C)(C)O)c3=O)=NC[C@@H]1CCOC2)c1ncc(F)cc1F. The summed E-state index contributed by atoms with van der Waals surface area (Å²) in [7, 11) is 0. The van der Waals surface area contributed by atoms with Gasteiger partial charge in [0, 0.05) is 54.7 Å². The topological polar surface area (TPSA) is 108 Å². The molecule has 0 bridgehead atoms. The van der Waals surface area contributed by atoms with E-state index in [4.69, 9.17) is 23.8 Å². The van der Waals surface area contributed by atoms with Crippen molar-refractivity contribution in [3.05, 3.63) is 97.1 Å². The van der Waals surface area contributed by atoms with Gasteiger partial charge in [-0.1, -0.05) is 11.6 Å². The second kappa shape index (κ2) is 10.5. The first-order chi connectivity index (χ1) is 19.3. The van der Waals surface area contributed by atoms with Gasteiger partial charge in [0.15, 0.2) is 5.82 Å². The molecule has 3 aromatic heterocycles. The average Bonchev–Trinajstić information content (AvgIpc) is 2.87. The van der Waals surface area contributed by atoms with Crippen molar-refractivity contribution in [3.63, 3.8) is 0 Å². The number of fused-ring (bicyclic) bond motifs is 3. The summed E-state index contributed by atoms with van der Waals surface area (Å²) in [4.78, 5) is 34.8. The third-order valence-electron chi connectivity index (χ3n) is 6.40. The largest absolute Gasteiger partial charge is 0.485 e. The molecule has 204 valence electrons. The van der Waals surface area contributed by atoms with Crippen molar-refractivity contribution in [2.75, 3.05) is 13.2 Å². The van der Waals surface area contributed by atoms with Gasteiger partial charge in [0.1, 0.15) is 34.7 Å². The van der Waals surface area contributed by atoms with E-state index < -0.39 is 51.4 Å². The minimum atomic E-state index is -2.91. The summed E-state index contributed by atoms with van der Waals surface area (Å²) in [5.74, 6) is -2.70. The van der Waals surface area contributed by atoms with E-state index in [9.17, 15) is 23.5 Å². The molecule has 0 aromatic carbocycles. The van der Waals surface area contributed by atoms with Gasteiger partial charge in [0.25, 0.3) is 11.1 Å². The number of nitrogens with zero attached hydrogens (tertiary/aromatic N) is 4. The van der Waals surface area contributed by atoms with Gasteiger partial charge in [-0.3, -0.25) is 28.7 Å². The van der Waals surface area contributed by atoms with Crippen molar-refractivity contribution >= 4 is 23.1 Å². The van der Waals surface area contributed by atoms with Crippen LogP contribution in [0, 0.1) is 17.6 Å². The van der Waals surface area contributed by atoms with Crippen LogP contribution in [0.15, 0.2) is 57.3 Å². The lowest BCUT2D eigenvalue weighted by Gasteiger charge is -2.29. The fourth-order valence-electron chi connectivity index (χ4n) is 4.44. The minimum absolute atomic E-state index is 0.0698. The predicted molar refractivity (Wildman–Crippen MR) is 140 cm³/mol. The molecule has 5 heterocycles. The summed E-state index contributed by atoms with van der Waals surface area (Å²) in [5.41, 5.74) is -2.54. The molecule has 0 radical (unpaired) electrons. The predicted octanol–water partition coefficient (Wildman–Crippen LogP) is 3.48. The molecule has 0 saturated heterocycles. The van der Waals surface area contributed by atoms with Crippen LogP contribution in [-0.2, 0) is 23.5 Å². The summed E-state index contributed by atoms with van der Waals surface area (Å²) in [6.45, 7) is 0.567. The monoisotopic (exact) mass is 560 g/mol. The number of allylic oxidation sites excluding steroid dienone is 1. The van der Waals surface area contributed by atoms with Gasteiger partial charge in [-0.05, 0) is 32.4 Å². The number of dihydropyridines is 1. The highest BCUT2D eigenvalue weighted by atomic mass is 35.5. The Hall–Kier alpha value is -3.67. The number of aliphatic hydroxyl groups is 1. The summed E-state index contributed by atoms with van der Waals surface area (Å²) < 4.78 is 57.6. The molecular weight excluding hydrogens is 534 g/mol. The van der Waals surface area contributed by atoms with E-state index >= 15 is 0 Å². The number of aromatic nitrogens is 3. The van der Waals surface area contributed by atoms with Crippen LogP contribution in [0.25, 0.3) is 5.70 Å². The van der Waals surface area contributed by atoms with Gasteiger partial charge in [0.2, 0.25) is 0 Å². The Morgan fingerprint density at radius 2 is 2.10 bits per heavy atom. The van der Waals surface area contributed by atoms with Crippen molar-refractivity contribution in [1.82, 2.24) is 14.1 Å². The number of hydrogen-bond donors (Lipinski definition) is 1. The van der Waals surface area contributed by atoms with Crippen LogP contribution < -0.4 is 15.9 Å². The maximum atomic E-state index is 14.3. The van der Waals surface area contributed by atoms with Crippen LogP contribution in [-0.4, -0.2) is 38.2 Å². The van der Waals surface area contributed by atoms with Crippen molar-refractivity contribution in [2.45, 2.75) is 39.0 Å². The van der Waals surface area contributed by atoms with E-state index in [0.29, 0.717) is 31.0 Å². The van der Waals surface area contributed by atoms with Crippen LogP contribution in [0.2, 0.25) is 5.02 Å². The van der Waals surface area contributed by atoms with E-state index in [-0.39, 0.29) is 36.2 Å². The molecule has 0 fully saturated rings. The van der Waals surface area contributed by atoms with Crippen LogP contribution in [0.1, 0.15) is 40.0 Å². The third-order valence-corrected chi connectivity index (χ3v) is 6.75. The highest BCUT2D eigenvalue weighted by molar-refractivity contribution is 6.31. The van der Waals surface area contributed by atoms with Gasteiger partial charge >= 0.3 is 0 Å². The van der Waals surface area contributed by atoms with Gasteiger partial charge in [-0.15, -0.1) is 0 Å². The van der Waals surface area contributed by atoms with E-state index in [2.05, 4.69) is 9.98 Å². The second-order valence-electron chi connectivity index (χ2n) is 9.60. The standard InChI is InChI=1S/C27H25ClF2N4O5/c1-27(2,37)18-4-3-6-33(25(18)35)23-10-21-15(11-32-23)5-7-38-13-17-9-22(24(28)26(36)34(17)21)39-14-20-19(30)8-16(29)12-31-20/h3-4,6,8-10,12,15,37H,5,7,11,13-14H2,1-2H3/t15-/m0/s1/i14D2. The van der Waals surface area contributed by atoms with Crippen molar-refractivity contribution in [1.29, 1.82) is 0 Å². The fraction of sp³-hybridized carbons (Fsp3) is 0.333. The molecule has 1 atom stereocenters. The Balaban J connectivity index is 1.60. The van der Waals surface area contributed by atoms with Crippen LogP contribution in [0.3, 0.4) is 0 Å². The lowest BCUT2D eigenvalue weighted by atomic mass is 9.97. The number of aliphatic imine (C=N–C) groups is 1. The Kier molecular flexibility index (Phi) is 6.55. The number of rotatable bonds is 4. The quantitative estimate of drug-likeness (QED) is 0.523. The van der Waals surface area contributed by atoms with E-state index in [0.717, 1.165) is 0 Å². The van der Waals surface area contributed by atoms with E-state index in [1.165, 1.54) is 41.3 Å². The van der Waals surface area contributed by atoms with Crippen molar-refractivity contribution in [2.24, 2.45) is 10.9 Å². The lowest BCUT2D eigenvalue weighted by molar-refractivity contribution is 0.0768. The summed E-state index contributed by atoms with van der Waals surface area (Å²) in [6.07, 6.45) is 4.26. The molecule has 0 spiro atoms. The van der Waals surface area contributed by atoms with Crippen molar-refractivity contribution < 1.29 is 26.1 Å². The Bertz CT molecular complexity index is 1720. The number of halogens is 3. The molecule has 1 N–H and O–H groups in total. The first kappa shape index (κ1) is 24.4. The molecule has 5 rings (SSSR count). The second-order valence-corrected chi connectivity index (χ2v) is 9.98. The molecule has 2 aliphatic heterocycles. The van der Waals surface area contributed by atoms with Gasteiger partial charge in [0.05, 0.1) is 26.8 Å². The smallest absolute Gasteiger partial charge is 0.277 e. The van der Waals surface area contributed by atoms with Gasteiger partial charge in [-0.25, -0.2) is 8.78 Å². The zero-order valence-corrected chi connectivity index (χ0v) is 21.7. The number of pyridine rings is 3. The average molecular weight is 561 g/mol. The number of hydrogen-bond acceptors (Lipinski definition) is 7. The molecule has 39 heavy (non-hydrogen) atoms. The molecule has 0 aliphatic carbocycles. The van der Waals surface area contributed by atoms with Crippen molar-refractivity contribution in [3.8, 4) is 5.75 Å². The summed E-state index contributed by atoms with van der Waals surface area (Å²) in [5, 5.41) is 9.93. The Morgan fingerprint density at radius 1 is 1.31 bits per heavy atom.